The van der Waals surface area contributed by atoms with Gasteiger partial charge in [-0.15, -0.1) is 0 Å². The molecule has 0 radical (unpaired) electrons. The smallest absolute Gasteiger partial charge is 0.302 e. The second-order valence-electron chi connectivity index (χ2n) is 6.34. The number of esters is 1. The molecule has 0 aromatic heterocycles. The average molecular weight is 278 g/mol. The second-order valence-corrected chi connectivity index (χ2v) is 6.34. The van der Waals surface area contributed by atoms with Crippen molar-refractivity contribution >= 4 is 11.8 Å². The summed E-state index contributed by atoms with van der Waals surface area (Å²) < 4.78 is 11.5. The van der Waals surface area contributed by atoms with Crippen molar-refractivity contribution in [2.24, 2.45) is 17.8 Å². The molecule has 20 heavy (non-hydrogen) atoms. The number of ketones is 1. The number of hydrogen-bond donors (Lipinski definition) is 0. The van der Waals surface area contributed by atoms with Crippen LogP contribution in [0, 0.1) is 17.8 Å². The molecule has 3 aliphatic carbocycles. The molecule has 0 bridgehead atoms. The topological polar surface area (TPSA) is 52.6 Å². The highest BCUT2D eigenvalue weighted by Crippen LogP contribution is 2.58. The zero-order valence-corrected chi connectivity index (χ0v) is 12.3. The highest BCUT2D eigenvalue weighted by Gasteiger charge is 2.63. The molecule has 0 aromatic carbocycles. The maximum atomic E-state index is 12.1. The van der Waals surface area contributed by atoms with Crippen LogP contribution < -0.4 is 0 Å². The summed E-state index contributed by atoms with van der Waals surface area (Å²) in [6.45, 7) is 3.38. The highest BCUT2D eigenvalue weighted by molar-refractivity contribution is 5.96. The Morgan fingerprint density at radius 1 is 1.40 bits per heavy atom. The van der Waals surface area contributed by atoms with Gasteiger partial charge in [-0.3, -0.25) is 9.59 Å². The Bertz CT molecular complexity index is 481. The normalized spacial score (nSPS) is 43.0. The lowest BCUT2D eigenvalue weighted by Gasteiger charge is -2.40. The minimum atomic E-state index is -0.385. The summed E-state index contributed by atoms with van der Waals surface area (Å²) in [5.74, 6) is -0.0284. The van der Waals surface area contributed by atoms with Crippen LogP contribution in [-0.4, -0.2) is 30.6 Å². The van der Waals surface area contributed by atoms with Crippen LogP contribution in [0.3, 0.4) is 0 Å². The van der Waals surface area contributed by atoms with Gasteiger partial charge in [0.05, 0.1) is 5.60 Å². The van der Waals surface area contributed by atoms with Gasteiger partial charge in [-0.25, -0.2) is 0 Å². The van der Waals surface area contributed by atoms with Crippen molar-refractivity contribution in [2.45, 2.75) is 51.2 Å². The van der Waals surface area contributed by atoms with Crippen molar-refractivity contribution in [1.82, 2.24) is 0 Å². The lowest BCUT2D eigenvalue weighted by molar-refractivity contribution is -0.156. The fraction of sp³-hybridized carbons (Fsp3) is 0.750. The molecule has 0 heterocycles. The van der Waals surface area contributed by atoms with Crippen LogP contribution in [0.15, 0.2) is 11.6 Å². The minimum absolute atomic E-state index is 0.00875. The largest absolute Gasteiger partial charge is 0.461 e. The summed E-state index contributed by atoms with van der Waals surface area (Å²) in [7, 11) is 1.72. The van der Waals surface area contributed by atoms with Gasteiger partial charge in [-0.1, -0.05) is 19.8 Å². The van der Waals surface area contributed by atoms with E-state index >= 15 is 0 Å². The van der Waals surface area contributed by atoms with Gasteiger partial charge in [0.2, 0.25) is 0 Å². The molecule has 4 nitrogen and oxygen atoms in total. The Kier molecular flexibility index (Phi) is 3.24. The first kappa shape index (κ1) is 13.8. The van der Waals surface area contributed by atoms with Crippen molar-refractivity contribution in [3.05, 3.63) is 11.6 Å². The van der Waals surface area contributed by atoms with E-state index < -0.39 is 0 Å². The summed E-state index contributed by atoms with van der Waals surface area (Å²) in [6.07, 6.45) is 5.72. The summed E-state index contributed by atoms with van der Waals surface area (Å²) in [5.41, 5.74) is 0.692. The van der Waals surface area contributed by atoms with Crippen LogP contribution in [0.25, 0.3) is 0 Å². The lowest BCUT2D eigenvalue weighted by atomic mass is 9.75. The third-order valence-electron chi connectivity index (χ3n) is 5.46. The zero-order valence-electron chi connectivity index (χ0n) is 12.3. The Labute approximate surface area is 119 Å². The SMILES string of the molecule is CO[C@]12CCCC[C@H]1[C@H](OC(C)=O)[C@H]1C2=CC(=O)[C@@H]1C. The molecule has 2 fully saturated rings. The summed E-state index contributed by atoms with van der Waals surface area (Å²) in [6, 6.07) is 0. The van der Waals surface area contributed by atoms with Gasteiger partial charge >= 0.3 is 5.97 Å². The van der Waals surface area contributed by atoms with E-state index in [9.17, 15) is 9.59 Å². The van der Waals surface area contributed by atoms with Crippen molar-refractivity contribution < 1.29 is 19.1 Å². The van der Waals surface area contributed by atoms with E-state index in [1.54, 1.807) is 13.2 Å². The van der Waals surface area contributed by atoms with Crippen LogP contribution in [0.5, 0.6) is 0 Å². The van der Waals surface area contributed by atoms with E-state index in [0.29, 0.717) is 0 Å². The fourth-order valence-corrected chi connectivity index (χ4v) is 4.62. The Balaban J connectivity index is 2.06. The number of allylic oxidation sites excluding steroid dienone is 1. The third-order valence-corrected chi connectivity index (χ3v) is 5.46. The molecule has 0 aromatic rings. The lowest BCUT2D eigenvalue weighted by Crippen LogP contribution is -2.44. The molecule has 0 unspecified atom stereocenters. The molecule has 0 saturated heterocycles. The molecule has 0 N–H and O–H groups in total. The molecule has 3 rings (SSSR count). The van der Waals surface area contributed by atoms with Crippen LogP contribution in [0.4, 0.5) is 0 Å². The number of fused-ring (bicyclic) bond motifs is 3. The first-order chi connectivity index (χ1) is 9.51. The molecule has 0 aliphatic heterocycles. The number of methoxy groups -OCH3 is 1. The number of carbonyl (C=O) groups is 2. The fourth-order valence-electron chi connectivity index (χ4n) is 4.62. The first-order valence-electron chi connectivity index (χ1n) is 7.49. The van der Waals surface area contributed by atoms with Gasteiger partial charge < -0.3 is 9.47 Å². The first-order valence-corrected chi connectivity index (χ1v) is 7.49. The Morgan fingerprint density at radius 3 is 2.80 bits per heavy atom. The van der Waals surface area contributed by atoms with Crippen molar-refractivity contribution in [1.29, 1.82) is 0 Å². The predicted octanol–water partition coefficient (Wildman–Crippen LogP) is 2.27. The molecule has 4 heteroatoms. The Hall–Kier alpha value is -1.16. The number of hydrogen-bond acceptors (Lipinski definition) is 4. The molecular formula is C16H22O4. The number of rotatable bonds is 2. The van der Waals surface area contributed by atoms with Gasteiger partial charge in [0, 0.05) is 31.8 Å². The van der Waals surface area contributed by atoms with E-state index in [1.807, 2.05) is 6.92 Å². The standard InChI is InChI=1S/C16H22O4/c1-9-13(18)8-12-14(9)15(20-10(2)17)11-6-4-5-7-16(11,12)19-3/h8-9,11,14-15H,4-7H2,1-3H3/t9-,11-,14+,15-,16+/m0/s1. The molecule has 3 aliphatic rings. The summed E-state index contributed by atoms with van der Waals surface area (Å²) in [5, 5.41) is 0. The van der Waals surface area contributed by atoms with Gasteiger partial charge in [0.15, 0.2) is 5.78 Å². The Morgan fingerprint density at radius 2 is 2.15 bits per heavy atom. The molecule has 2 saturated carbocycles. The van der Waals surface area contributed by atoms with Gasteiger partial charge in [0.25, 0.3) is 0 Å². The predicted molar refractivity (Wildman–Crippen MR) is 73.0 cm³/mol. The third kappa shape index (κ3) is 1.70. The summed E-state index contributed by atoms with van der Waals surface area (Å²) in [4.78, 5) is 23.6. The number of ether oxygens (including phenoxy) is 2. The quantitative estimate of drug-likeness (QED) is 0.727. The maximum absolute atomic E-state index is 12.1. The van der Waals surface area contributed by atoms with Crippen LogP contribution in [-0.2, 0) is 19.1 Å². The van der Waals surface area contributed by atoms with Crippen LogP contribution in [0.2, 0.25) is 0 Å². The molecule has 0 amide bonds. The maximum Gasteiger partial charge on any atom is 0.302 e. The molecule has 5 atom stereocenters. The monoisotopic (exact) mass is 278 g/mol. The highest BCUT2D eigenvalue weighted by atomic mass is 16.5. The van der Waals surface area contributed by atoms with Gasteiger partial charge in [0.1, 0.15) is 6.10 Å². The summed E-state index contributed by atoms with van der Waals surface area (Å²) >= 11 is 0. The van der Waals surface area contributed by atoms with E-state index in [-0.39, 0.29) is 41.2 Å². The molecule has 0 spiro atoms. The zero-order chi connectivity index (χ0) is 14.5. The average Bonchev–Trinajstić information content (AvgIpc) is 2.85. The van der Waals surface area contributed by atoms with E-state index in [0.717, 1.165) is 31.3 Å². The van der Waals surface area contributed by atoms with E-state index in [4.69, 9.17) is 9.47 Å². The molecule has 110 valence electrons. The minimum Gasteiger partial charge on any atom is -0.461 e. The number of carbonyl (C=O) groups excluding carboxylic acids is 2. The molecular weight excluding hydrogens is 256 g/mol. The van der Waals surface area contributed by atoms with Gasteiger partial charge in [-0.2, -0.15) is 0 Å². The van der Waals surface area contributed by atoms with Crippen molar-refractivity contribution in [3.63, 3.8) is 0 Å². The van der Waals surface area contributed by atoms with E-state index in [1.165, 1.54) is 6.92 Å². The van der Waals surface area contributed by atoms with Crippen LogP contribution in [0.1, 0.15) is 39.5 Å². The van der Waals surface area contributed by atoms with Gasteiger partial charge in [-0.05, 0) is 24.5 Å². The second kappa shape index (κ2) is 4.69. The van der Waals surface area contributed by atoms with Crippen LogP contribution >= 0.6 is 0 Å². The van der Waals surface area contributed by atoms with Crippen molar-refractivity contribution in [2.75, 3.05) is 7.11 Å². The van der Waals surface area contributed by atoms with Crippen molar-refractivity contribution in [3.8, 4) is 0 Å². The van der Waals surface area contributed by atoms with E-state index in [2.05, 4.69) is 0 Å².